The Balaban J connectivity index is 1.56. The highest BCUT2D eigenvalue weighted by molar-refractivity contribution is 5.79. The van der Waals surface area contributed by atoms with Gasteiger partial charge in [0.2, 0.25) is 5.91 Å². The van der Waals surface area contributed by atoms with Crippen LogP contribution >= 0.6 is 0 Å². The van der Waals surface area contributed by atoms with E-state index in [4.69, 9.17) is 0 Å². The van der Waals surface area contributed by atoms with Crippen molar-refractivity contribution in [1.29, 1.82) is 0 Å². The van der Waals surface area contributed by atoms with E-state index in [0.717, 1.165) is 31.6 Å². The van der Waals surface area contributed by atoms with Gasteiger partial charge in [0.15, 0.2) is 0 Å². The first-order valence-corrected chi connectivity index (χ1v) is 9.27. The Morgan fingerprint density at radius 1 is 1.12 bits per heavy atom. The van der Waals surface area contributed by atoms with Gasteiger partial charge in [-0.25, -0.2) is 4.68 Å². The molecule has 4 rings (SSSR count). The number of amides is 1. The van der Waals surface area contributed by atoms with Gasteiger partial charge in [-0.05, 0) is 56.6 Å². The van der Waals surface area contributed by atoms with Gasteiger partial charge in [0, 0.05) is 12.1 Å². The number of carbonyl (C=O) groups excluding carboxylic acids is 1. The minimum absolute atomic E-state index is 0.00809. The van der Waals surface area contributed by atoms with Crippen LogP contribution in [0.4, 0.5) is 0 Å². The second-order valence-corrected chi connectivity index (χ2v) is 7.52. The summed E-state index contributed by atoms with van der Waals surface area (Å²) in [6, 6.07) is 7.79. The third kappa shape index (κ3) is 3.30. The SMILES string of the molecule is CC1CCC(N(C(=O)Cn2nnc3ccccc3c2=O)C2CC2)CC1. The topological polar surface area (TPSA) is 68.1 Å². The average Bonchev–Trinajstić information content (AvgIpc) is 3.44. The van der Waals surface area contributed by atoms with E-state index in [0.29, 0.717) is 23.0 Å². The van der Waals surface area contributed by atoms with Gasteiger partial charge in [-0.1, -0.05) is 24.3 Å². The minimum Gasteiger partial charge on any atom is -0.335 e. The lowest BCUT2D eigenvalue weighted by Crippen LogP contribution is -2.46. The Hall–Kier alpha value is -2.24. The summed E-state index contributed by atoms with van der Waals surface area (Å²) in [6.07, 6.45) is 6.66. The molecule has 25 heavy (non-hydrogen) atoms. The van der Waals surface area contributed by atoms with Gasteiger partial charge in [0.1, 0.15) is 12.1 Å². The Labute approximate surface area is 146 Å². The van der Waals surface area contributed by atoms with Gasteiger partial charge in [-0.2, -0.15) is 0 Å². The molecule has 0 atom stereocenters. The first-order valence-electron chi connectivity index (χ1n) is 9.27. The number of benzene rings is 1. The van der Waals surface area contributed by atoms with Crippen molar-refractivity contribution in [3.05, 3.63) is 34.6 Å². The molecule has 0 spiro atoms. The summed E-state index contributed by atoms with van der Waals surface area (Å²) in [7, 11) is 0. The standard InChI is InChI=1S/C19H24N4O2/c1-13-6-8-14(9-7-13)23(15-10-11-15)18(24)12-22-19(25)16-4-2-3-5-17(16)20-21-22/h2-5,13-15H,6-12H2,1H3. The van der Waals surface area contributed by atoms with E-state index in [-0.39, 0.29) is 18.0 Å². The summed E-state index contributed by atoms with van der Waals surface area (Å²) in [5, 5.41) is 8.56. The summed E-state index contributed by atoms with van der Waals surface area (Å²) < 4.78 is 1.21. The smallest absolute Gasteiger partial charge is 0.278 e. The molecule has 1 heterocycles. The first kappa shape index (κ1) is 16.2. The van der Waals surface area contributed by atoms with Crippen LogP contribution in [0, 0.1) is 5.92 Å². The molecule has 1 aromatic heterocycles. The van der Waals surface area contributed by atoms with E-state index in [1.165, 1.54) is 17.5 Å². The molecule has 2 saturated carbocycles. The van der Waals surface area contributed by atoms with Crippen molar-refractivity contribution in [2.45, 2.75) is 64.1 Å². The highest BCUT2D eigenvalue weighted by Crippen LogP contribution is 2.35. The van der Waals surface area contributed by atoms with Crippen molar-refractivity contribution in [3.63, 3.8) is 0 Å². The van der Waals surface area contributed by atoms with E-state index in [2.05, 4.69) is 22.1 Å². The van der Waals surface area contributed by atoms with Crippen LogP contribution in [0.5, 0.6) is 0 Å². The molecule has 0 aliphatic heterocycles. The van der Waals surface area contributed by atoms with Crippen molar-refractivity contribution in [1.82, 2.24) is 19.9 Å². The first-order chi connectivity index (χ1) is 12.1. The van der Waals surface area contributed by atoms with Gasteiger partial charge in [0.25, 0.3) is 5.56 Å². The maximum absolute atomic E-state index is 13.0. The van der Waals surface area contributed by atoms with Crippen LogP contribution in [0.2, 0.25) is 0 Å². The van der Waals surface area contributed by atoms with Gasteiger partial charge in [0.05, 0.1) is 5.39 Å². The fourth-order valence-electron chi connectivity index (χ4n) is 3.92. The molecule has 132 valence electrons. The second-order valence-electron chi connectivity index (χ2n) is 7.52. The lowest BCUT2D eigenvalue weighted by Gasteiger charge is -2.36. The van der Waals surface area contributed by atoms with E-state index in [9.17, 15) is 9.59 Å². The summed E-state index contributed by atoms with van der Waals surface area (Å²) in [6.45, 7) is 2.27. The molecule has 1 amide bonds. The molecular weight excluding hydrogens is 316 g/mol. The van der Waals surface area contributed by atoms with E-state index >= 15 is 0 Å². The van der Waals surface area contributed by atoms with Crippen molar-refractivity contribution in [3.8, 4) is 0 Å². The number of hydrogen-bond donors (Lipinski definition) is 0. The van der Waals surface area contributed by atoms with E-state index in [1.807, 2.05) is 6.07 Å². The number of nitrogens with zero attached hydrogens (tertiary/aromatic N) is 4. The molecule has 0 unspecified atom stereocenters. The quantitative estimate of drug-likeness (QED) is 0.857. The molecular formula is C19H24N4O2. The van der Waals surface area contributed by atoms with Gasteiger partial charge in [-0.3, -0.25) is 9.59 Å². The van der Waals surface area contributed by atoms with Gasteiger partial charge >= 0.3 is 0 Å². The Kier molecular flexibility index (Phi) is 4.27. The molecule has 0 saturated heterocycles. The Morgan fingerprint density at radius 3 is 2.44 bits per heavy atom. The summed E-state index contributed by atoms with van der Waals surface area (Å²) in [5.41, 5.74) is 0.323. The average molecular weight is 340 g/mol. The molecule has 2 aliphatic carbocycles. The van der Waals surface area contributed by atoms with Crippen molar-refractivity contribution in [2.24, 2.45) is 5.92 Å². The summed E-state index contributed by atoms with van der Waals surface area (Å²) in [4.78, 5) is 27.6. The predicted molar refractivity (Wildman–Crippen MR) is 95.1 cm³/mol. The van der Waals surface area contributed by atoms with E-state index in [1.54, 1.807) is 18.2 Å². The monoisotopic (exact) mass is 340 g/mol. The number of hydrogen-bond acceptors (Lipinski definition) is 4. The zero-order valence-electron chi connectivity index (χ0n) is 14.6. The highest BCUT2D eigenvalue weighted by Gasteiger charge is 2.38. The summed E-state index contributed by atoms with van der Waals surface area (Å²) >= 11 is 0. The molecule has 2 aliphatic rings. The molecule has 0 N–H and O–H groups in total. The highest BCUT2D eigenvalue weighted by atomic mass is 16.2. The number of aromatic nitrogens is 3. The van der Waals surface area contributed by atoms with Crippen LogP contribution in [-0.2, 0) is 11.3 Å². The van der Waals surface area contributed by atoms with Crippen molar-refractivity contribution in [2.75, 3.05) is 0 Å². The number of rotatable bonds is 4. The van der Waals surface area contributed by atoms with Crippen LogP contribution in [0.25, 0.3) is 10.9 Å². The van der Waals surface area contributed by atoms with Crippen LogP contribution in [0.3, 0.4) is 0 Å². The lowest BCUT2D eigenvalue weighted by molar-refractivity contribution is -0.136. The fraction of sp³-hybridized carbons (Fsp3) is 0.579. The molecule has 2 aromatic rings. The van der Waals surface area contributed by atoms with Crippen molar-refractivity contribution >= 4 is 16.8 Å². The van der Waals surface area contributed by atoms with Gasteiger partial charge < -0.3 is 4.90 Å². The number of fused-ring (bicyclic) bond motifs is 1. The zero-order valence-corrected chi connectivity index (χ0v) is 14.6. The molecule has 6 heteroatoms. The maximum Gasteiger partial charge on any atom is 0.278 e. The maximum atomic E-state index is 13.0. The fourth-order valence-corrected chi connectivity index (χ4v) is 3.92. The van der Waals surface area contributed by atoms with Gasteiger partial charge in [-0.15, -0.1) is 5.10 Å². The third-order valence-electron chi connectivity index (χ3n) is 5.52. The Bertz CT molecular complexity index is 835. The summed E-state index contributed by atoms with van der Waals surface area (Å²) in [5.74, 6) is 0.759. The molecule has 0 radical (unpaired) electrons. The van der Waals surface area contributed by atoms with Crippen LogP contribution in [0.15, 0.2) is 29.1 Å². The van der Waals surface area contributed by atoms with E-state index < -0.39 is 0 Å². The molecule has 0 bridgehead atoms. The zero-order chi connectivity index (χ0) is 17.4. The van der Waals surface area contributed by atoms with Crippen molar-refractivity contribution < 1.29 is 4.79 Å². The van der Waals surface area contributed by atoms with Crippen LogP contribution in [-0.4, -0.2) is 37.9 Å². The predicted octanol–water partition coefficient (Wildman–Crippen LogP) is 2.36. The van der Waals surface area contributed by atoms with Crippen LogP contribution in [0.1, 0.15) is 45.4 Å². The minimum atomic E-state index is -0.244. The molecule has 6 nitrogen and oxygen atoms in total. The van der Waals surface area contributed by atoms with Crippen LogP contribution < -0.4 is 5.56 Å². The third-order valence-corrected chi connectivity index (χ3v) is 5.52. The number of carbonyl (C=O) groups is 1. The lowest BCUT2D eigenvalue weighted by atomic mass is 9.86. The second kappa shape index (κ2) is 6.58. The largest absolute Gasteiger partial charge is 0.335 e. The molecule has 2 fully saturated rings. The normalized spacial score (nSPS) is 23.6. The molecule has 1 aromatic carbocycles. The Morgan fingerprint density at radius 2 is 1.76 bits per heavy atom.